The van der Waals surface area contributed by atoms with E-state index in [1.54, 1.807) is 0 Å². The lowest BCUT2D eigenvalue weighted by Gasteiger charge is -2.04. The molecule has 4 nitrogen and oxygen atoms in total. The molecule has 9 heteroatoms. The summed E-state index contributed by atoms with van der Waals surface area (Å²) >= 11 is 0.395. The van der Waals surface area contributed by atoms with Crippen LogP contribution in [0.5, 0.6) is 10.9 Å². The number of nitrogens with zero attached hydrogens (tertiary/aromatic N) is 2. The predicted octanol–water partition coefficient (Wildman–Crippen LogP) is 2.95. The second-order valence-electron chi connectivity index (χ2n) is 3.45. The molecule has 1 aromatic carbocycles. The highest BCUT2D eigenvalue weighted by Gasteiger charge is 2.36. The topological polar surface area (TPSA) is 61.0 Å². The molecule has 0 bridgehead atoms. The van der Waals surface area contributed by atoms with Crippen molar-refractivity contribution in [1.82, 2.24) is 9.36 Å². The predicted molar refractivity (Wildman–Crippen MR) is 59.3 cm³/mol. The van der Waals surface area contributed by atoms with E-state index in [2.05, 4.69) is 9.36 Å². The first kappa shape index (κ1) is 13.7. The summed E-state index contributed by atoms with van der Waals surface area (Å²) in [7, 11) is 0. The zero-order chi connectivity index (χ0) is 14.0. The van der Waals surface area contributed by atoms with Crippen LogP contribution < -0.4 is 10.5 Å². The highest BCUT2D eigenvalue weighted by molar-refractivity contribution is 7.07. The van der Waals surface area contributed by atoms with Crippen LogP contribution >= 0.6 is 11.5 Å². The van der Waals surface area contributed by atoms with Crippen molar-refractivity contribution in [3.63, 3.8) is 0 Å². The minimum Gasteiger partial charge on any atom is -0.427 e. The molecule has 19 heavy (non-hydrogen) atoms. The second kappa shape index (κ2) is 5.10. The van der Waals surface area contributed by atoms with Gasteiger partial charge in [0.25, 0.3) is 11.0 Å². The van der Waals surface area contributed by atoms with Crippen LogP contribution in [0.3, 0.4) is 0 Å². The Hall–Kier alpha value is -1.74. The Morgan fingerprint density at radius 1 is 1.32 bits per heavy atom. The van der Waals surface area contributed by atoms with Crippen LogP contribution in [0.1, 0.15) is 11.4 Å². The maximum absolute atomic E-state index is 13.5. The third-order valence-electron chi connectivity index (χ3n) is 2.09. The van der Waals surface area contributed by atoms with E-state index in [-0.39, 0.29) is 17.5 Å². The number of rotatable bonds is 3. The van der Waals surface area contributed by atoms with Gasteiger partial charge in [0.15, 0.2) is 11.6 Å². The normalized spacial score (nSPS) is 11.6. The van der Waals surface area contributed by atoms with Gasteiger partial charge < -0.3 is 10.5 Å². The fourth-order valence-corrected chi connectivity index (χ4v) is 1.78. The number of halogens is 4. The molecule has 0 fully saturated rings. The number of hydrogen-bond acceptors (Lipinski definition) is 5. The summed E-state index contributed by atoms with van der Waals surface area (Å²) < 4.78 is 58.3. The van der Waals surface area contributed by atoms with Crippen LogP contribution in [0.15, 0.2) is 18.2 Å². The molecule has 102 valence electrons. The number of hydrogen-bond donors (Lipinski definition) is 1. The zero-order valence-electron chi connectivity index (χ0n) is 9.24. The van der Waals surface area contributed by atoms with Gasteiger partial charge in [-0.2, -0.15) is 22.5 Å². The van der Waals surface area contributed by atoms with Crippen molar-refractivity contribution in [1.29, 1.82) is 0 Å². The summed E-state index contributed by atoms with van der Waals surface area (Å²) in [4.78, 5) is 3.13. The molecule has 0 aliphatic heterocycles. The van der Waals surface area contributed by atoms with E-state index in [9.17, 15) is 17.6 Å². The van der Waals surface area contributed by atoms with Crippen LogP contribution in [0, 0.1) is 5.82 Å². The fraction of sp³-hybridized carbons (Fsp3) is 0.200. The third kappa shape index (κ3) is 3.18. The molecule has 0 amide bonds. The van der Waals surface area contributed by atoms with E-state index in [0.717, 1.165) is 6.07 Å². The molecule has 0 aliphatic carbocycles. The number of nitrogens with two attached hydrogens (primary N) is 1. The minimum atomic E-state index is -4.65. The average molecular weight is 293 g/mol. The Morgan fingerprint density at radius 2 is 2.05 bits per heavy atom. The Morgan fingerprint density at radius 3 is 2.58 bits per heavy atom. The van der Waals surface area contributed by atoms with Crippen molar-refractivity contribution in [3.8, 4) is 10.9 Å². The van der Waals surface area contributed by atoms with E-state index in [1.807, 2.05) is 0 Å². The monoisotopic (exact) mass is 293 g/mol. The van der Waals surface area contributed by atoms with Crippen LogP contribution in [0.4, 0.5) is 17.6 Å². The molecular formula is C10H7F4N3OS. The van der Waals surface area contributed by atoms with E-state index in [1.165, 1.54) is 12.1 Å². The van der Waals surface area contributed by atoms with Crippen molar-refractivity contribution < 1.29 is 22.3 Å². The van der Waals surface area contributed by atoms with Gasteiger partial charge in [-0.05, 0) is 17.7 Å². The standard InChI is InChI=1S/C10H7F4N3OS/c11-6-3-5(4-15)1-2-7(6)18-9-16-8(17-19-9)10(12,13)14/h1-3H,4,15H2. The van der Waals surface area contributed by atoms with Gasteiger partial charge in [0.2, 0.25) is 0 Å². The summed E-state index contributed by atoms with van der Waals surface area (Å²) in [5, 5.41) is -0.383. The highest BCUT2D eigenvalue weighted by Crippen LogP contribution is 2.32. The van der Waals surface area contributed by atoms with Gasteiger partial charge in [0.05, 0.1) is 0 Å². The SMILES string of the molecule is NCc1ccc(Oc2nc(C(F)(F)F)ns2)c(F)c1. The summed E-state index contributed by atoms with van der Waals surface area (Å²) in [5.41, 5.74) is 5.86. The van der Waals surface area contributed by atoms with Gasteiger partial charge in [-0.3, -0.25) is 0 Å². The summed E-state index contributed by atoms with van der Waals surface area (Å²) in [5.74, 6) is -2.28. The largest absolute Gasteiger partial charge is 0.452 e. The van der Waals surface area contributed by atoms with Crippen LogP contribution in [0.2, 0.25) is 0 Å². The van der Waals surface area contributed by atoms with Crippen LogP contribution in [0.25, 0.3) is 0 Å². The quantitative estimate of drug-likeness (QED) is 0.884. The fourth-order valence-electron chi connectivity index (χ4n) is 1.21. The molecule has 1 aromatic heterocycles. The molecule has 1 heterocycles. The summed E-state index contributed by atoms with van der Waals surface area (Å²) in [6.45, 7) is 0.147. The maximum atomic E-state index is 13.5. The van der Waals surface area contributed by atoms with Crippen LogP contribution in [-0.2, 0) is 12.7 Å². The Bertz CT molecular complexity index is 584. The highest BCUT2D eigenvalue weighted by atomic mass is 32.1. The van der Waals surface area contributed by atoms with Crippen molar-refractivity contribution in [2.24, 2.45) is 5.73 Å². The van der Waals surface area contributed by atoms with Gasteiger partial charge in [0.1, 0.15) is 0 Å². The van der Waals surface area contributed by atoms with Crippen molar-refractivity contribution in [3.05, 3.63) is 35.4 Å². The first-order valence-corrected chi connectivity index (χ1v) is 5.74. The Balaban J connectivity index is 2.20. The first-order valence-electron chi connectivity index (χ1n) is 4.97. The molecule has 0 saturated heterocycles. The molecular weight excluding hydrogens is 286 g/mol. The van der Waals surface area contributed by atoms with E-state index < -0.39 is 17.8 Å². The Labute approximate surface area is 109 Å². The molecule has 2 N–H and O–H groups in total. The first-order chi connectivity index (χ1) is 8.90. The molecule has 0 radical (unpaired) electrons. The van der Waals surface area contributed by atoms with E-state index >= 15 is 0 Å². The minimum absolute atomic E-state index is 0.147. The Kier molecular flexibility index (Phi) is 3.67. The number of aromatic nitrogens is 2. The molecule has 0 unspecified atom stereocenters. The van der Waals surface area contributed by atoms with Crippen molar-refractivity contribution in [2.75, 3.05) is 0 Å². The average Bonchev–Trinajstić information content (AvgIpc) is 2.80. The molecule has 0 aliphatic rings. The molecule has 2 aromatic rings. The molecule has 2 rings (SSSR count). The van der Waals surface area contributed by atoms with Gasteiger partial charge >= 0.3 is 6.18 Å². The maximum Gasteiger partial charge on any atom is 0.452 e. The van der Waals surface area contributed by atoms with Crippen molar-refractivity contribution >= 4 is 11.5 Å². The number of alkyl halides is 3. The summed E-state index contributed by atoms with van der Waals surface area (Å²) in [6, 6.07) is 3.91. The summed E-state index contributed by atoms with van der Waals surface area (Å²) in [6.07, 6.45) is -4.65. The van der Waals surface area contributed by atoms with Gasteiger partial charge in [-0.25, -0.2) is 4.39 Å². The van der Waals surface area contributed by atoms with Gasteiger partial charge in [-0.15, -0.1) is 0 Å². The van der Waals surface area contributed by atoms with E-state index in [4.69, 9.17) is 10.5 Å². The van der Waals surface area contributed by atoms with Crippen molar-refractivity contribution in [2.45, 2.75) is 12.7 Å². The smallest absolute Gasteiger partial charge is 0.427 e. The van der Waals surface area contributed by atoms with Gasteiger partial charge in [-0.1, -0.05) is 6.07 Å². The lowest BCUT2D eigenvalue weighted by Crippen LogP contribution is -2.07. The second-order valence-corrected chi connectivity index (χ2v) is 4.17. The zero-order valence-corrected chi connectivity index (χ0v) is 10.1. The van der Waals surface area contributed by atoms with Crippen LogP contribution in [-0.4, -0.2) is 9.36 Å². The van der Waals surface area contributed by atoms with Gasteiger partial charge in [0, 0.05) is 18.1 Å². The third-order valence-corrected chi connectivity index (χ3v) is 2.69. The lowest BCUT2D eigenvalue weighted by molar-refractivity contribution is -0.144. The molecule has 0 spiro atoms. The number of ether oxygens (including phenoxy) is 1. The lowest BCUT2D eigenvalue weighted by atomic mass is 10.2. The van der Waals surface area contributed by atoms with E-state index in [0.29, 0.717) is 17.1 Å². The molecule has 0 atom stereocenters. The number of benzene rings is 1. The molecule has 0 saturated carbocycles.